The van der Waals surface area contributed by atoms with E-state index < -0.39 is 12.0 Å². The summed E-state index contributed by atoms with van der Waals surface area (Å²) in [5.41, 5.74) is 1.05. The van der Waals surface area contributed by atoms with Crippen LogP contribution in [0.2, 0.25) is 0 Å². The van der Waals surface area contributed by atoms with E-state index in [1.807, 2.05) is 18.2 Å². The van der Waals surface area contributed by atoms with Crippen molar-refractivity contribution in [2.24, 2.45) is 0 Å². The lowest BCUT2D eigenvalue weighted by molar-refractivity contribution is -0.139. The first-order chi connectivity index (χ1) is 8.52. The van der Waals surface area contributed by atoms with E-state index in [-0.39, 0.29) is 0 Å². The SMILES string of the molecule is CCCCC(NCc1cc(Br)cc(Br)c1)C(=O)O. The molecule has 1 atom stereocenters. The number of hydrogen-bond donors (Lipinski definition) is 2. The summed E-state index contributed by atoms with van der Waals surface area (Å²) in [6.07, 6.45) is 2.60. The van der Waals surface area contributed by atoms with E-state index in [1.165, 1.54) is 0 Å². The van der Waals surface area contributed by atoms with E-state index in [1.54, 1.807) is 0 Å². The van der Waals surface area contributed by atoms with Crippen LogP contribution >= 0.6 is 31.9 Å². The lowest BCUT2D eigenvalue weighted by Crippen LogP contribution is -2.36. The van der Waals surface area contributed by atoms with Crippen LogP contribution in [0.5, 0.6) is 0 Å². The summed E-state index contributed by atoms with van der Waals surface area (Å²) < 4.78 is 1.96. The molecule has 2 N–H and O–H groups in total. The number of nitrogens with one attached hydrogen (secondary N) is 1. The largest absolute Gasteiger partial charge is 0.480 e. The summed E-state index contributed by atoms with van der Waals surface area (Å²) in [5.74, 6) is -0.780. The summed E-state index contributed by atoms with van der Waals surface area (Å²) in [6, 6.07) is 5.45. The average Bonchev–Trinajstić information content (AvgIpc) is 2.27. The fraction of sp³-hybridized carbons (Fsp3) is 0.462. The van der Waals surface area contributed by atoms with Crippen LogP contribution in [0.4, 0.5) is 0 Å². The second-order valence-corrected chi connectivity index (χ2v) is 6.02. The molecule has 0 saturated carbocycles. The molecule has 100 valence electrons. The minimum atomic E-state index is -0.780. The number of benzene rings is 1. The van der Waals surface area contributed by atoms with E-state index >= 15 is 0 Å². The first-order valence-electron chi connectivity index (χ1n) is 5.94. The smallest absolute Gasteiger partial charge is 0.320 e. The van der Waals surface area contributed by atoms with Crippen LogP contribution in [0.25, 0.3) is 0 Å². The maximum absolute atomic E-state index is 11.1. The van der Waals surface area contributed by atoms with Gasteiger partial charge in [0.05, 0.1) is 0 Å². The van der Waals surface area contributed by atoms with Gasteiger partial charge in [0.15, 0.2) is 0 Å². The fourth-order valence-electron chi connectivity index (χ4n) is 1.68. The van der Waals surface area contributed by atoms with Gasteiger partial charge in [0.2, 0.25) is 0 Å². The second-order valence-electron chi connectivity index (χ2n) is 4.19. The van der Waals surface area contributed by atoms with E-state index in [0.29, 0.717) is 13.0 Å². The van der Waals surface area contributed by atoms with Crippen LogP contribution in [0, 0.1) is 0 Å². The van der Waals surface area contributed by atoms with Crippen LogP contribution in [-0.4, -0.2) is 17.1 Å². The molecule has 1 aromatic rings. The van der Waals surface area contributed by atoms with Crippen molar-refractivity contribution in [1.82, 2.24) is 5.32 Å². The first-order valence-corrected chi connectivity index (χ1v) is 7.52. The van der Waals surface area contributed by atoms with Gasteiger partial charge in [-0.3, -0.25) is 4.79 Å². The Balaban J connectivity index is 2.58. The zero-order chi connectivity index (χ0) is 13.5. The summed E-state index contributed by atoms with van der Waals surface area (Å²) in [4.78, 5) is 11.1. The van der Waals surface area contributed by atoms with E-state index in [2.05, 4.69) is 44.1 Å². The molecule has 0 spiro atoms. The van der Waals surface area contributed by atoms with Gasteiger partial charge in [-0.15, -0.1) is 0 Å². The monoisotopic (exact) mass is 377 g/mol. The Morgan fingerprint density at radius 3 is 2.44 bits per heavy atom. The minimum Gasteiger partial charge on any atom is -0.480 e. The predicted molar refractivity (Wildman–Crippen MR) is 79.6 cm³/mol. The highest BCUT2D eigenvalue weighted by molar-refractivity contribution is 9.11. The Morgan fingerprint density at radius 1 is 1.33 bits per heavy atom. The quantitative estimate of drug-likeness (QED) is 0.755. The molecule has 0 aromatic heterocycles. The fourth-order valence-corrected chi connectivity index (χ4v) is 3.06. The van der Waals surface area contributed by atoms with Crippen molar-refractivity contribution in [2.45, 2.75) is 38.8 Å². The molecule has 5 heteroatoms. The van der Waals surface area contributed by atoms with Crippen molar-refractivity contribution < 1.29 is 9.90 Å². The van der Waals surface area contributed by atoms with Gasteiger partial charge in [0.1, 0.15) is 6.04 Å². The van der Waals surface area contributed by atoms with Gasteiger partial charge in [-0.05, 0) is 30.2 Å². The van der Waals surface area contributed by atoms with Crippen LogP contribution < -0.4 is 5.32 Å². The molecule has 1 rings (SSSR count). The lowest BCUT2D eigenvalue weighted by atomic mass is 10.1. The number of carbonyl (C=O) groups is 1. The van der Waals surface area contributed by atoms with Crippen molar-refractivity contribution in [1.29, 1.82) is 0 Å². The van der Waals surface area contributed by atoms with Crippen LogP contribution in [0.1, 0.15) is 31.7 Å². The van der Waals surface area contributed by atoms with Crippen molar-refractivity contribution in [2.75, 3.05) is 0 Å². The molecule has 1 aromatic carbocycles. The summed E-state index contributed by atoms with van der Waals surface area (Å²) in [7, 11) is 0. The van der Waals surface area contributed by atoms with Gasteiger partial charge in [-0.1, -0.05) is 51.6 Å². The number of carboxylic acid groups (broad SMARTS) is 1. The van der Waals surface area contributed by atoms with Crippen LogP contribution in [0.3, 0.4) is 0 Å². The van der Waals surface area contributed by atoms with Gasteiger partial charge < -0.3 is 10.4 Å². The van der Waals surface area contributed by atoms with Gasteiger partial charge in [0, 0.05) is 15.5 Å². The summed E-state index contributed by atoms with van der Waals surface area (Å²) in [5, 5.41) is 12.2. The van der Waals surface area contributed by atoms with Crippen molar-refractivity contribution in [3.63, 3.8) is 0 Å². The van der Waals surface area contributed by atoms with Gasteiger partial charge in [-0.2, -0.15) is 0 Å². The molecule has 0 heterocycles. The zero-order valence-electron chi connectivity index (χ0n) is 10.2. The van der Waals surface area contributed by atoms with Gasteiger partial charge in [0.25, 0.3) is 0 Å². The number of hydrogen-bond acceptors (Lipinski definition) is 2. The number of aliphatic carboxylic acids is 1. The number of unbranched alkanes of at least 4 members (excludes halogenated alkanes) is 1. The normalized spacial score (nSPS) is 12.4. The molecule has 0 aliphatic rings. The van der Waals surface area contributed by atoms with Crippen molar-refractivity contribution in [3.8, 4) is 0 Å². The van der Waals surface area contributed by atoms with E-state index in [4.69, 9.17) is 5.11 Å². The molecule has 18 heavy (non-hydrogen) atoms. The lowest BCUT2D eigenvalue weighted by Gasteiger charge is -2.14. The molecule has 0 radical (unpaired) electrons. The maximum Gasteiger partial charge on any atom is 0.320 e. The van der Waals surface area contributed by atoms with E-state index in [9.17, 15) is 4.79 Å². The average molecular weight is 379 g/mol. The van der Waals surface area contributed by atoms with Gasteiger partial charge in [-0.25, -0.2) is 0 Å². The molecule has 0 fully saturated rings. The summed E-state index contributed by atoms with van der Waals surface area (Å²) in [6.45, 7) is 2.61. The molecule has 3 nitrogen and oxygen atoms in total. The maximum atomic E-state index is 11.1. The highest BCUT2D eigenvalue weighted by atomic mass is 79.9. The Hall–Kier alpha value is -0.390. The van der Waals surface area contributed by atoms with Crippen LogP contribution in [0.15, 0.2) is 27.1 Å². The molecule has 1 unspecified atom stereocenters. The van der Waals surface area contributed by atoms with Crippen LogP contribution in [-0.2, 0) is 11.3 Å². The third-order valence-electron chi connectivity index (χ3n) is 2.62. The predicted octanol–water partition coefficient (Wildman–Crippen LogP) is 3.94. The van der Waals surface area contributed by atoms with Gasteiger partial charge >= 0.3 is 5.97 Å². The molecule has 0 amide bonds. The molecule has 0 bridgehead atoms. The third-order valence-corrected chi connectivity index (χ3v) is 3.54. The Morgan fingerprint density at radius 2 is 1.94 bits per heavy atom. The number of rotatable bonds is 7. The molecule has 0 aliphatic carbocycles. The Kier molecular flexibility index (Phi) is 6.89. The zero-order valence-corrected chi connectivity index (χ0v) is 13.4. The third kappa shape index (κ3) is 5.50. The molecular weight excluding hydrogens is 362 g/mol. The number of carboxylic acids is 1. The molecule has 0 aliphatic heterocycles. The first kappa shape index (κ1) is 15.7. The highest BCUT2D eigenvalue weighted by Gasteiger charge is 2.15. The molecule has 0 saturated heterocycles. The standard InChI is InChI=1S/C13H17Br2NO2/c1-2-3-4-12(13(17)18)16-8-9-5-10(14)7-11(15)6-9/h5-7,12,16H,2-4,8H2,1H3,(H,17,18). The topological polar surface area (TPSA) is 49.3 Å². The van der Waals surface area contributed by atoms with Crippen molar-refractivity contribution in [3.05, 3.63) is 32.7 Å². The Labute approximate surface area is 124 Å². The minimum absolute atomic E-state index is 0.470. The Bertz CT molecular complexity index is 390. The summed E-state index contributed by atoms with van der Waals surface area (Å²) >= 11 is 6.83. The van der Waals surface area contributed by atoms with E-state index in [0.717, 1.165) is 27.4 Å². The molecular formula is C13H17Br2NO2. The van der Waals surface area contributed by atoms with Crippen molar-refractivity contribution >= 4 is 37.8 Å². The highest BCUT2D eigenvalue weighted by Crippen LogP contribution is 2.20. The second kappa shape index (κ2) is 7.92. The number of halogens is 2.